The zero-order valence-corrected chi connectivity index (χ0v) is 19.1. The Bertz CT molecular complexity index is 1160. The summed E-state index contributed by atoms with van der Waals surface area (Å²) in [6, 6.07) is 3.89. The number of aromatic nitrogens is 1. The van der Waals surface area contributed by atoms with Crippen molar-refractivity contribution in [3.05, 3.63) is 63.3 Å². The molecule has 1 saturated heterocycles. The first-order valence-corrected chi connectivity index (χ1v) is 11.3. The van der Waals surface area contributed by atoms with E-state index in [0.717, 1.165) is 37.3 Å². The summed E-state index contributed by atoms with van der Waals surface area (Å²) in [6.45, 7) is 5.33. The molecule has 1 fully saturated rings. The molecule has 1 amide bonds. The lowest BCUT2D eigenvalue weighted by Gasteiger charge is -2.39. The van der Waals surface area contributed by atoms with Crippen LogP contribution in [0.2, 0.25) is 0 Å². The summed E-state index contributed by atoms with van der Waals surface area (Å²) in [5.74, 6) is -1.21. The monoisotopic (exact) mass is 475 g/mol. The van der Waals surface area contributed by atoms with Gasteiger partial charge in [0.1, 0.15) is 5.82 Å². The van der Waals surface area contributed by atoms with Crippen LogP contribution in [0.25, 0.3) is 5.57 Å². The van der Waals surface area contributed by atoms with Gasteiger partial charge in [0, 0.05) is 55.6 Å². The van der Waals surface area contributed by atoms with Crippen LogP contribution in [-0.2, 0) is 0 Å². The Hall–Kier alpha value is -3.11. The average Bonchev–Trinajstić information content (AvgIpc) is 2.82. The molecule has 0 spiro atoms. The van der Waals surface area contributed by atoms with Crippen LogP contribution in [-0.4, -0.2) is 61.6 Å². The Morgan fingerprint density at radius 2 is 2.03 bits per heavy atom. The Labute approximate surface area is 195 Å². The minimum Gasteiger partial charge on any atom is -0.367 e. The maximum atomic E-state index is 15.3. The lowest BCUT2D eigenvalue weighted by atomic mass is 9.99. The van der Waals surface area contributed by atoms with Gasteiger partial charge in [-0.2, -0.15) is 0 Å². The third-order valence-electron chi connectivity index (χ3n) is 6.44. The summed E-state index contributed by atoms with van der Waals surface area (Å²) in [7, 11) is 2.01. The number of likely N-dealkylation sites (N-methyl/N-ethyl adjacent to an activating group) is 1. The third-order valence-corrected chi connectivity index (χ3v) is 6.44. The van der Waals surface area contributed by atoms with Crippen molar-refractivity contribution in [2.45, 2.75) is 25.8 Å². The number of alkyl halides is 2. The van der Waals surface area contributed by atoms with Gasteiger partial charge in [-0.1, -0.05) is 6.08 Å². The average molecular weight is 476 g/mol. The number of hydrogen-bond donors (Lipinski definition) is 3. The van der Waals surface area contributed by atoms with Gasteiger partial charge in [-0.3, -0.25) is 9.59 Å². The summed E-state index contributed by atoms with van der Waals surface area (Å²) in [5.41, 5.74) is 0.228. The number of rotatable bonds is 5. The lowest BCUT2D eigenvalue weighted by molar-refractivity contribution is 0.101. The fourth-order valence-corrected chi connectivity index (χ4v) is 4.34. The maximum absolute atomic E-state index is 15.3. The highest BCUT2D eigenvalue weighted by atomic mass is 19.3. The molecule has 0 saturated carbocycles. The number of piperazine rings is 1. The molecule has 34 heavy (non-hydrogen) atoms. The smallest absolute Gasteiger partial charge is 0.264 e. The van der Waals surface area contributed by atoms with E-state index in [1.165, 1.54) is 6.07 Å². The van der Waals surface area contributed by atoms with E-state index in [2.05, 4.69) is 27.4 Å². The number of pyridine rings is 1. The second-order valence-corrected chi connectivity index (χ2v) is 8.74. The Balaban J connectivity index is 1.75. The molecule has 2 aliphatic rings. The normalized spacial score (nSPS) is 19.3. The second-order valence-electron chi connectivity index (χ2n) is 8.74. The number of nitrogens with one attached hydrogen (secondary N) is 3. The number of halogens is 3. The number of nitrogens with zero attached hydrogens (tertiary/aromatic N) is 2. The van der Waals surface area contributed by atoms with Crippen LogP contribution in [0.15, 0.2) is 35.3 Å². The van der Waals surface area contributed by atoms with Crippen molar-refractivity contribution in [2.24, 2.45) is 0 Å². The largest absolute Gasteiger partial charge is 0.367 e. The first-order chi connectivity index (χ1) is 16.2. The van der Waals surface area contributed by atoms with Crippen LogP contribution < -0.4 is 21.1 Å². The standard InChI is InChI=1S/C24H28F3N5O2/c1-14-13-32(7-6-31(14)2)21-10-19(25)16(15-4-3-5-28-11-15)8-20(21)30-24(34)18-12-29-22(33)9-17(18)23(26)27/h4,8-10,12,14,23,28H,3,5-7,11,13H2,1-2H3,(H,29,33)(H,30,34)/t14-/m1/s1. The number of H-pyrrole nitrogens is 1. The molecule has 3 heterocycles. The van der Waals surface area contributed by atoms with E-state index in [0.29, 0.717) is 36.6 Å². The van der Waals surface area contributed by atoms with Gasteiger partial charge in [-0.15, -0.1) is 0 Å². The zero-order chi connectivity index (χ0) is 24.4. The van der Waals surface area contributed by atoms with Crippen LogP contribution >= 0.6 is 0 Å². The molecule has 1 aromatic carbocycles. The van der Waals surface area contributed by atoms with Gasteiger partial charge in [-0.25, -0.2) is 13.2 Å². The first-order valence-electron chi connectivity index (χ1n) is 11.3. The van der Waals surface area contributed by atoms with E-state index in [1.807, 2.05) is 18.0 Å². The van der Waals surface area contributed by atoms with E-state index in [1.54, 1.807) is 6.07 Å². The summed E-state index contributed by atoms with van der Waals surface area (Å²) < 4.78 is 42.3. The Morgan fingerprint density at radius 1 is 1.24 bits per heavy atom. The Morgan fingerprint density at radius 3 is 2.71 bits per heavy atom. The minimum atomic E-state index is -3.00. The van der Waals surface area contributed by atoms with E-state index >= 15 is 4.39 Å². The van der Waals surface area contributed by atoms with Crippen molar-refractivity contribution >= 4 is 22.9 Å². The molecular weight excluding hydrogens is 447 g/mol. The maximum Gasteiger partial charge on any atom is 0.264 e. The number of carbonyl (C=O) groups is 1. The van der Waals surface area contributed by atoms with Crippen LogP contribution in [0.4, 0.5) is 24.5 Å². The molecule has 0 aliphatic carbocycles. The quantitative estimate of drug-likeness (QED) is 0.619. The van der Waals surface area contributed by atoms with Crippen molar-refractivity contribution < 1.29 is 18.0 Å². The van der Waals surface area contributed by atoms with Crippen molar-refractivity contribution in [1.29, 1.82) is 0 Å². The zero-order valence-electron chi connectivity index (χ0n) is 19.1. The van der Waals surface area contributed by atoms with Gasteiger partial charge in [0.15, 0.2) is 0 Å². The molecule has 10 heteroatoms. The first kappa shape index (κ1) is 24.0. The molecule has 2 aliphatic heterocycles. The number of benzene rings is 1. The fourth-order valence-electron chi connectivity index (χ4n) is 4.34. The number of aromatic amines is 1. The van der Waals surface area contributed by atoms with Crippen molar-refractivity contribution in [3.8, 4) is 0 Å². The topological polar surface area (TPSA) is 80.5 Å². The van der Waals surface area contributed by atoms with E-state index in [-0.39, 0.29) is 11.6 Å². The van der Waals surface area contributed by atoms with Gasteiger partial charge in [0.2, 0.25) is 5.56 Å². The third kappa shape index (κ3) is 5.02. The highest BCUT2D eigenvalue weighted by Gasteiger charge is 2.26. The van der Waals surface area contributed by atoms with Crippen LogP contribution in [0.1, 0.15) is 41.3 Å². The number of carbonyl (C=O) groups excluding carboxylic acids is 1. The van der Waals surface area contributed by atoms with Gasteiger partial charge < -0.3 is 25.4 Å². The highest BCUT2D eigenvalue weighted by molar-refractivity contribution is 6.07. The van der Waals surface area contributed by atoms with E-state index in [9.17, 15) is 18.4 Å². The summed E-state index contributed by atoms with van der Waals surface area (Å²) in [4.78, 5) is 31.0. The molecule has 2 aromatic rings. The predicted octanol–water partition coefficient (Wildman–Crippen LogP) is 3.22. The molecular formula is C24H28F3N5O2. The molecule has 182 valence electrons. The lowest BCUT2D eigenvalue weighted by Crippen LogP contribution is -2.50. The van der Waals surface area contributed by atoms with Gasteiger partial charge in [0.25, 0.3) is 12.3 Å². The number of anilines is 2. The number of amides is 1. The molecule has 0 radical (unpaired) electrons. The van der Waals surface area contributed by atoms with Crippen molar-refractivity contribution in [2.75, 3.05) is 50.0 Å². The summed E-state index contributed by atoms with van der Waals surface area (Å²) in [5, 5.41) is 5.91. The van der Waals surface area contributed by atoms with Crippen LogP contribution in [0, 0.1) is 5.82 Å². The molecule has 1 aromatic heterocycles. The Kier molecular flexibility index (Phi) is 7.08. The summed E-state index contributed by atoms with van der Waals surface area (Å²) in [6.07, 6.45) is 0.691. The SMILES string of the molecule is C[C@@H]1CN(c2cc(F)c(C3=CCCNC3)cc2NC(=O)c2c[nH]c(=O)cc2C(F)F)CCN1C. The molecule has 1 atom stereocenters. The van der Waals surface area contributed by atoms with Gasteiger partial charge >= 0.3 is 0 Å². The second kappa shape index (κ2) is 10.0. The van der Waals surface area contributed by atoms with Gasteiger partial charge in [0.05, 0.1) is 16.9 Å². The molecule has 4 rings (SSSR count). The van der Waals surface area contributed by atoms with E-state index in [4.69, 9.17) is 0 Å². The summed E-state index contributed by atoms with van der Waals surface area (Å²) >= 11 is 0. The van der Waals surface area contributed by atoms with Crippen LogP contribution in [0.5, 0.6) is 0 Å². The molecule has 3 N–H and O–H groups in total. The molecule has 7 nitrogen and oxygen atoms in total. The molecule has 0 unspecified atom stereocenters. The van der Waals surface area contributed by atoms with Crippen molar-refractivity contribution in [3.63, 3.8) is 0 Å². The fraction of sp³-hybridized carbons (Fsp3) is 0.417. The van der Waals surface area contributed by atoms with Crippen molar-refractivity contribution in [1.82, 2.24) is 15.2 Å². The van der Waals surface area contributed by atoms with Crippen LogP contribution in [0.3, 0.4) is 0 Å². The van der Waals surface area contributed by atoms with E-state index < -0.39 is 29.3 Å². The number of hydrogen-bond acceptors (Lipinski definition) is 5. The van der Waals surface area contributed by atoms with Gasteiger partial charge in [-0.05, 0) is 44.6 Å². The minimum absolute atomic E-state index is 0.204. The molecule has 0 bridgehead atoms. The highest BCUT2D eigenvalue weighted by Crippen LogP contribution is 2.34. The predicted molar refractivity (Wildman–Crippen MR) is 126 cm³/mol.